The number of hydrogen-bond acceptors (Lipinski definition) is 6. The number of hydrogen-bond donors (Lipinski definition) is 3. The molecule has 1 aliphatic carbocycles. The molecule has 1 saturated heterocycles. The smallest absolute Gasteiger partial charge is 0.265 e. The molecule has 164 valence electrons. The summed E-state index contributed by atoms with van der Waals surface area (Å²) in [4.78, 5) is 26.5. The molecule has 2 unspecified atom stereocenters. The van der Waals surface area contributed by atoms with Crippen molar-refractivity contribution in [3.8, 4) is 0 Å². The van der Waals surface area contributed by atoms with Crippen LogP contribution in [0.3, 0.4) is 0 Å². The van der Waals surface area contributed by atoms with E-state index in [-0.39, 0.29) is 29.3 Å². The summed E-state index contributed by atoms with van der Waals surface area (Å²) in [6.45, 7) is 1.03. The summed E-state index contributed by atoms with van der Waals surface area (Å²) >= 11 is 4.70. The standard InChI is InChI=1S/C22H25FN4O3S/c23-18-4-2-1-3-17(18)21(22(29)14-5-6-14)26-9-8-19(31)15(12-26)11-16-7-10-27(24-16)13-20(28)25-30/h1-4,7,10-11,14,19,21,30-31H,5-6,8-9,12-13H2,(H,25,28)/b15-11-. The molecule has 0 spiro atoms. The lowest BCUT2D eigenvalue weighted by molar-refractivity contribution is -0.130. The molecule has 0 bridgehead atoms. The Hall–Kier alpha value is -2.49. The van der Waals surface area contributed by atoms with Crippen molar-refractivity contribution < 1.29 is 19.2 Å². The number of nitrogens with zero attached hydrogens (tertiary/aromatic N) is 3. The first-order chi connectivity index (χ1) is 15.0. The number of nitrogens with one attached hydrogen (secondary N) is 1. The average molecular weight is 445 g/mol. The number of rotatable bonds is 7. The zero-order chi connectivity index (χ0) is 22.0. The third-order valence-electron chi connectivity index (χ3n) is 5.74. The van der Waals surface area contributed by atoms with Crippen LogP contribution >= 0.6 is 12.6 Å². The average Bonchev–Trinajstić information content (AvgIpc) is 3.53. The molecule has 2 N–H and O–H groups in total. The fourth-order valence-electron chi connectivity index (χ4n) is 3.99. The Morgan fingerprint density at radius 1 is 1.29 bits per heavy atom. The van der Waals surface area contributed by atoms with Gasteiger partial charge in [-0.15, -0.1) is 0 Å². The third kappa shape index (κ3) is 5.06. The lowest BCUT2D eigenvalue weighted by Gasteiger charge is -2.37. The van der Waals surface area contributed by atoms with Crippen LogP contribution in [-0.4, -0.2) is 49.9 Å². The predicted molar refractivity (Wildman–Crippen MR) is 116 cm³/mol. The first-order valence-corrected chi connectivity index (χ1v) is 10.8. The third-order valence-corrected chi connectivity index (χ3v) is 6.33. The van der Waals surface area contributed by atoms with Gasteiger partial charge in [0.25, 0.3) is 5.91 Å². The molecular formula is C22H25FN4O3S. The lowest BCUT2D eigenvalue weighted by atomic mass is 9.93. The Bertz CT molecular complexity index is 1000. The van der Waals surface area contributed by atoms with E-state index in [1.807, 2.05) is 11.0 Å². The summed E-state index contributed by atoms with van der Waals surface area (Å²) in [5.41, 5.74) is 3.64. The maximum absolute atomic E-state index is 14.6. The quantitative estimate of drug-likeness (QED) is 0.347. The second kappa shape index (κ2) is 9.33. The SMILES string of the molecule is O=C(Cn1ccc(/C=C2/CN(C(C(=O)C3CC3)c3ccccc3F)CCC2S)n1)NO. The second-order valence-corrected chi connectivity index (χ2v) is 8.69. The summed E-state index contributed by atoms with van der Waals surface area (Å²) in [5, 5.41) is 13.0. The number of amides is 1. The summed E-state index contributed by atoms with van der Waals surface area (Å²) < 4.78 is 16.0. The molecule has 9 heteroatoms. The van der Waals surface area contributed by atoms with Crippen molar-refractivity contribution in [1.29, 1.82) is 0 Å². The molecule has 31 heavy (non-hydrogen) atoms. The Labute approximate surface area is 185 Å². The molecule has 1 aromatic carbocycles. The number of Topliss-reactive ketones (excluding diaryl/α,β-unsaturated/α-hetero) is 1. The molecule has 2 aromatic rings. The predicted octanol–water partition coefficient (Wildman–Crippen LogP) is 2.64. The number of carbonyl (C=O) groups excluding carboxylic acids is 2. The van der Waals surface area contributed by atoms with Gasteiger partial charge in [0.2, 0.25) is 0 Å². The zero-order valence-corrected chi connectivity index (χ0v) is 17.8. The van der Waals surface area contributed by atoms with Crippen molar-refractivity contribution in [1.82, 2.24) is 20.2 Å². The van der Waals surface area contributed by atoms with Crippen molar-refractivity contribution in [3.63, 3.8) is 0 Å². The first-order valence-electron chi connectivity index (χ1n) is 10.3. The van der Waals surface area contributed by atoms with Gasteiger partial charge in [0.05, 0.1) is 11.7 Å². The summed E-state index contributed by atoms with van der Waals surface area (Å²) in [5.74, 6) is -0.828. The largest absolute Gasteiger partial charge is 0.297 e. The van der Waals surface area contributed by atoms with Gasteiger partial charge in [-0.05, 0) is 43.0 Å². The first kappa shape index (κ1) is 21.7. The van der Waals surface area contributed by atoms with E-state index in [9.17, 15) is 14.0 Å². The Morgan fingerprint density at radius 3 is 2.77 bits per heavy atom. The highest BCUT2D eigenvalue weighted by Gasteiger charge is 2.40. The number of aromatic nitrogens is 2. The zero-order valence-electron chi connectivity index (χ0n) is 16.9. The Morgan fingerprint density at radius 2 is 2.06 bits per heavy atom. The number of piperidine rings is 1. The highest BCUT2D eigenvalue weighted by Crippen LogP contribution is 2.39. The molecule has 0 radical (unpaired) electrons. The van der Waals surface area contributed by atoms with Crippen LogP contribution < -0.4 is 5.48 Å². The maximum Gasteiger partial charge on any atom is 0.265 e. The number of ketones is 1. The van der Waals surface area contributed by atoms with E-state index >= 15 is 0 Å². The number of thiol groups is 1. The molecule has 1 aromatic heterocycles. The van der Waals surface area contributed by atoms with Crippen LogP contribution in [0.2, 0.25) is 0 Å². The van der Waals surface area contributed by atoms with Crippen LogP contribution in [-0.2, 0) is 16.1 Å². The van der Waals surface area contributed by atoms with Gasteiger partial charge in [-0.25, -0.2) is 9.87 Å². The van der Waals surface area contributed by atoms with E-state index in [1.165, 1.54) is 10.7 Å². The Balaban J connectivity index is 1.58. The van der Waals surface area contributed by atoms with Crippen LogP contribution in [0, 0.1) is 11.7 Å². The van der Waals surface area contributed by atoms with Crippen molar-refractivity contribution >= 4 is 30.4 Å². The summed E-state index contributed by atoms with van der Waals surface area (Å²) in [6, 6.07) is 7.66. The topological polar surface area (TPSA) is 87.5 Å². The van der Waals surface area contributed by atoms with Crippen molar-refractivity contribution in [2.24, 2.45) is 5.92 Å². The van der Waals surface area contributed by atoms with Crippen LogP contribution in [0.4, 0.5) is 4.39 Å². The minimum atomic E-state index is -0.608. The van der Waals surface area contributed by atoms with Crippen molar-refractivity contribution in [2.75, 3.05) is 13.1 Å². The Kier molecular flexibility index (Phi) is 6.54. The summed E-state index contributed by atoms with van der Waals surface area (Å²) in [7, 11) is 0. The van der Waals surface area contributed by atoms with E-state index in [0.29, 0.717) is 24.3 Å². The second-order valence-electron chi connectivity index (χ2n) is 8.07. The fourth-order valence-corrected chi connectivity index (χ4v) is 4.26. The summed E-state index contributed by atoms with van der Waals surface area (Å²) in [6.07, 6.45) is 6.01. The molecule has 2 atom stereocenters. The number of carbonyl (C=O) groups is 2. The fraction of sp³-hybridized carbons (Fsp3) is 0.409. The molecule has 2 fully saturated rings. The van der Waals surface area contributed by atoms with E-state index in [4.69, 9.17) is 17.8 Å². The minimum Gasteiger partial charge on any atom is -0.297 e. The van der Waals surface area contributed by atoms with Gasteiger partial charge in [-0.2, -0.15) is 17.7 Å². The molecule has 2 aliphatic rings. The van der Waals surface area contributed by atoms with Crippen LogP contribution in [0.25, 0.3) is 6.08 Å². The molecule has 2 heterocycles. The number of halogens is 1. The van der Waals surface area contributed by atoms with Gasteiger partial charge in [0.1, 0.15) is 12.4 Å². The van der Waals surface area contributed by atoms with Crippen molar-refractivity contribution in [3.05, 3.63) is 59.2 Å². The number of likely N-dealkylation sites (tertiary alicyclic amines) is 1. The number of hydroxylamine groups is 1. The van der Waals surface area contributed by atoms with E-state index in [1.54, 1.807) is 35.9 Å². The van der Waals surface area contributed by atoms with Gasteiger partial charge in [0, 0.05) is 36.0 Å². The molecule has 1 amide bonds. The van der Waals surface area contributed by atoms with Gasteiger partial charge in [-0.1, -0.05) is 18.2 Å². The molecule has 1 aliphatic heterocycles. The molecule has 7 nitrogen and oxygen atoms in total. The highest BCUT2D eigenvalue weighted by molar-refractivity contribution is 7.81. The minimum absolute atomic E-state index is 0.000521. The van der Waals surface area contributed by atoms with Gasteiger partial charge < -0.3 is 0 Å². The maximum atomic E-state index is 14.6. The normalized spacial score (nSPS) is 21.8. The molecule has 1 saturated carbocycles. The lowest BCUT2D eigenvalue weighted by Crippen LogP contribution is -2.42. The van der Waals surface area contributed by atoms with Crippen molar-refractivity contribution in [2.45, 2.75) is 37.1 Å². The van der Waals surface area contributed by atoms with Gasteiger partial charge >= 0.3 is 0 Å². The molecule has 4 rings (SSSR count). The van der Waals surface area contributed by atoms with E-state index in [0.717, 1.165) is 24.8 Å². The van der Waals surface area contributed by atoms with Crippen LogP contribution in [0.5, 0.6) is 0 Å². The molecular weight excluding hydrogens is 419 g/mol. The number of benzene rings is 1. The monoisotopic (exact) mass is 444 g/mol. The van der Waals surface area contributed by atoms with Crippen LogP contribution in [0.15, 0.2) is 42.1 Å². The van der Waals surface area contributed by atoms with E-state index in [2.05, 4.69) is 5.10 Å². The highest BCUT2D eigenvalue weighted by atomic mass is 32.1. The van der Waals surface area contributed by atoms with E-state index < -0.39 is 11.9 Å². The van der Waals surface area contributed by atoms with Gasteiger partial charge in [-0.3, -0.25) is 24.4 Å². The van der Waals surface area contributed by atoms with Crippen LogP contribution in [0.1, 0.15) is 36.6 Å². The van der Waals surface area contributed by atoms with Gasteiger partial charge in [0.15, 0.2) is 5.78 Å².